The summed E-state index contributed by atoms with van der Waals surface area (Å²) < 4.78 is 0. The third-order valence-electron chi connectivity index (χ3n) is 3.98. The van der Waals surface area contributed by atoms with E-state index in [2.05, 4.69) is 0 Å². The lowest BCUT2D eigenvalue weighted by atomic mass is 10.1. The monoisotopic (exact) mass is 347 g/mol. The van der Waals surface area contributed by atoms with Crippen molar-refractivity contribution < 1.29 is 9.90 Å². The van der Waals surface area contributed by atoms with Crippen molar-refractivity contribution in [2.75, 3.05) is 19.7 Å². The van der Waals surface area contributed by atoms with E-state index in [1.165, 1.54) is 0 Å². The van der Waals surface area contributed by atoms with E-state index in [-0.39, 0.29) is 18.4 Å². The van der Waals surface area contributed by atoms with Crippen LogP contribution in [-0.2, 0) is 0 Å². The molecule has 3 rings (SSSR count). The van der Waals surface area contributed by atoms with Gasteiger partial charge in [-0.15, -0.1) is 0 Å². The third-order valence-corrected chi connectivity index (χ3v) is 5.25. The molecule has 0 spiro atoms. The number of aliphatic hydroxyl groups is 1. The molecule has 0 aromatic heterocycles. The van der Waals surface area contributed by atoms with Crippen LogP contribution in [0.3, 0.4) is 0 Å². The van der Waals surface area contributed by atoms with Crippen LogP contribution in [0.1, 0.15) is 16.8 Å². The summed E-state index contributed by atoms with van der Waals surface area (Å²) in [7, 11) is 0. The summed E-state index contributed by atoms with van der Waals surface area (Å²) in [6.07, 6.45) is 0.882. The molecule has 5 heteroatoms. The van der Waals surface area contributed by atoms with Crippen molar-refractivity contribution in [2.45, 2.75) is 16.2 Å². The van der Waals surface area contributed by atoms with Gasteiger partial charge in [-0.2, -0.15) is 0 Å². The van der Waals surface area contributed by atoms with Crippen LogP contribution < -0.4 is 0 Å². The predicted molar refractivity (Wildman–Crippen MR) is 93.1 cm³/mol. The molecule has 1 N–H and O–H groups in total. The summed E-state index contributed by atoms with van der Waals surface area (Å²) in [6.45, 7) is 1.53. The van der Waals surface area contributed by atoms with Gasteiger partial charge in [-0.3, -0.25) is 4.79 Å². The smallest absolute Gasteiger partial charge is 0.253 e. The van der Waals surface area contributed by atoms with Crippen LogP contribution in [0, 0.1) is 5.92 Å². The van der Waals surface area contributed by atoms with Gasteiger partial charge in [0.15, 0.2) is 0 Å². The normalized spacial score (nSPS) is 17.5. The Morgan fingerprint density at radius 1 is 1.13 bits per heavy atom. The van der Waals surface area contributed by atoms with E-state index >= 15 is 0 Å². The van der Waals surface area contributed by atoms with Crippen molar-refractivity contribution in [3.05, 3.63) is 59.1 Å². The van der Waals surface area contributed by atoms with Crippen molar-refractivity contribution in [2.24, 2.45) is 5.92 Å². The Morgan fingerprint density at radius 2 is 1.74 bits per heavy atom. The van der Waals surface area contributed by atoms with Crippen molar-refractivity contribution in [3.8, 4) is 0 Å². The summed E-state index contributed by atoms with van der Waals surface area (Å²) in [5, 5.41) is 9.90. The average Bonchev–Trinajstić information content (AvgIpc) is 3.06. The van der Waals surface area contributed by atoms with Gasteiger partial charge in [0.05, 0.1) is 0 Å². The third kappa shape index (κ3) is 4.08. The van der Waals surface area contributed by atoms with Crippen LogP contribution in [0.15, 0.2) is 58.3 Å². The zero-order valence-corrected chi connectivity index (χ0v) is 14.2. The van der Waals surface area contributed by atoms with Crippen LogP contribution in [0.25, 0.3) is 0 Å². The molecule has 0 aliphatic carbocycles. The summed E-state index contributed by atoms with van der Waals surface area (Å²) in [4.78, 5) is 16.5. The highest BCUT2D eigenvalue weighted by molar-refractivity contribution is 7.99. The molecule has 1 heterocycles. The van der Waals surface area contributed by atoms with Gasteiger partial charge < -0.3 is 10.0 Å². The minimum atomic E-state index is 0.0454. The van der Waals surface area contributed by atoms with Gasteiger partial charge in [-0.25, -0.2) is 0 Å². The number of benzene rings is 2. The van der Waals surface area contributed by atoms with E-state index in [1.54, 1.807) is 11.8 Å². The van der Waals surface area contributed by atoms with Crippen molar-refractivity contribution in [1.82, 2.24) is 4.90 Å². The Morgan fingerprint density at radius 3 is 2.30 bits per heavy atom. The Balaban J connectivity index is 1.65. The molecule has 3 nitrogen and oxygen atoms in total. The summed E-state index contributed by atoms with van der Waals surface area (Å²) in [5.41, 5.74) is 0.698. The molecular formula is C18H18ClNO2S. The van der Waals surface area contributed by atoms with Gasteiger partial charge in [0, 0.05) is 46.0 Å². The number of rotatable bonds is 4. The summed E-state index contributed by atoms with van der Waals surface area (Å²) in [6, 6.07) is 15.4. The molecule has 1 aliphatic heterocycles. The number of amides is 1. The molecule has 0 saturated carbocycles. The lowest BCUT2D eigenvalue weighted by molar-refractivity contribution is 0.0782. The second-order valence-corrected chi connectivity index (χ2v) is 7.25. The van der Waals surface area contributed by atoms with Crippen molar-refractivity contribution in [3.63, 3.8) is 0 Å². The van der Waals surface area contributed by atoms with Gasteiger partial charge in [0.2, 0.25) is 0 Å². The first-order valence-electron chi connectivity index (χ1n) is 7.59. The van der Waals surface area contributed by atoms with Gasteiger partial charge in [0.1, 0.15) is 0 Å². The maximum Gasteiger partial charge on any atom is 0.253 e. The van der Waals surface area contributed by atoms with Crippen LogP contribution >= 0.6 is 23.4 Å². The fourth-order valence-electron chi connectivity index (χ4n) is 2.65. The van der Waals surface area contributed by atoms with E-state index in [9.17, 15) is 9.90 Å². The first-order chi connectivity index (χ1) is 11.2. The Kier molecular flexibility index (Phi) is 5.26. The molecule has 1 saturated heterocycles. The summed E-state index contributed by atoms with van der Waals surface area (Å²) >= 11 is 7.52. The number of halogens is 1. The highest BCUT2D eigenvalue weighted by Gasteiger charge is 2.26. The first kappa shape index (κ1) is 16.4. The van der Waals surface area contributed by atoms with E-state index in [1.807, 2.05) is 53.4 Å². The van der Waals surface area contributed by atoms with Gasteiger partial charge >= 0.3 is 0 Å². The van der Waals surface area contributed by atoms with Crippen molar-refractivity contribution >= 4 is 29.3 Å². The predicted octanol–water partition coefficient (Wildman–Crippen LogP) is 3.95. The zero-order valence-electron chi connectivity index (χ0n) is 12.6. The van der Waals surface area contributed by atoms with Crippen LogP contribution in [0.2, 0.25) is 5.02 Å². The maximum absolute atomic E-state index is 12.4. The second kappa shape index (κ2) is 7.39. The van der Waals surface area contributed by atoms with E-state index in [0.29, 0.717) is 12.1 Å². The molecule has 120 valence electrons. The number of nitrogens with zero attached hydrogens (tertiary/aromatic N) is 1. The molecule has 1 atom stereocenters. The summed E-state index contributed by atoms with van der Waals surface area (Å²) in [5.74, 6) is 0.266. The Hall–Kier alpha value is -1.49. The fraction of sp³-hybridized carbons (Fsp3) is 0.278. The zero-order chi connectivity index (χ0) is 16.2. The Labute approximate surface area is 145 Å². The van der Waals surface area contributed by atoms with Crippen LogP contribution in [0.4, 0.5) is 0 Å². The molecule has 0 radical (unpaired) electrons. The van der Waals surface area contributed by atoms with Crippen LogP contribution in [-0.4, -0.2) is 35.6 Å². The van der Waals surface area contributed by atoms with Gasteiger partial charge in [-0.05, 0) is 55.0 Å². The standard InChI is InChI=1S/C18H18ClNO2S/c19-15-3-7-17(8-4-15)23-16-5-1-14(2-6-16)18(22)20-10-9-13(11-20)12-21/h1-8,13,21H,9-12H2. The molecule has 1 amide bonds. The molecule has 2 aromatic rings. The fourth-order valence-corrected chi connectivity index (χ4v) is 3.60. The number of carbonyl (C=O) groups is 1. The molecule has 1 fully saturated rings. The minimum Gasteiger partial charge on any atom is -0.396 e. The SMILES string of the molecule is O=C(c1ccc(Sc2ccc(Cl)cc2)cc1)N1CCC(CO)C1. The number of likely N-dealkylation sites (tertiary alicyclic amines) is 1. The average molecular weight is 348 g/mol. The molecule has 23 heavy (non-hydrogen) atoms. The van der Waals surface area contributed by atoms with Gasteiger partial charge in [-0.1, -0.05) is 23.4 Å². The van der Waals surface area contributed by atoms with E-state index in [0.717, 1.165) is 27.8 Å². The Bertz CT molecular complexity index is 672. The molecular weight excluding hydrogens is 330 g/mol. The highest BCUT2D eigenvalue weighted by Crippen LogP contribution is 2.29. The largest absolute Gasteiger partial charge is 0.396 e. The molecule has 1 aliphatic rings. The molecule has 1 unspecified atom stereocenters. The lowest BCUT2D eigenvalue weighted by Crippen LogP contribution is -2.29. The first-order valence-corrected chi connectivity index (χ1v) is 8.79. The van der Waals surface area contributed by atoms with Gasteiger partial charge in [0.25, 0.3) is 5.91 Å². The quantitative estimate of drug-likeness (QED) is 0.910. The topological polar surface area (TPSA) is 40.5 Å². The van der Waals surface area contributed by atoms with Crippen LogP contribution in [0.5, 0.6) is 0 Å². The lowest BCUT2D eigenvalue weighted by Gasteiger charge is -2.16. The van der Waals surface area contributed by atoms with E-state index < -0.39 is 0 Å². The number of hydrogen-bond donors (Lipinski definition) is 1. The number of carbonyl (C=O) groups excluding carboxylic acids is 1. The van der Waals surface area contributed by atoms with E-state index in [4.69, 9.17) is 11.6 Å². The molecule has 0 bridgehead atoms. The number of aliphatic hydroxyl groups excluding tert-OH is 1. The number of hydrogen-bond acceptors (Lipinski definition) is 3. The van der Waals surface area contributed by atoms with Crippen molar-refractivity contribution in [1.29, 1.82) is 0 Å². The minimum absolute atomic E-state index is 0.0454. The molecule has 2 aromatic carbocycles. The second-order valence-electron chi connectivity index (χ2n) is 5.67. The highest BCUT2D eigenvalue weighted by atomic mass is 35.5. The maximum atomic E-state index is 12.4.